The summed E-state index contributed by atoms with van der Waals surface area (Å²) in [6.07, 6.45) is 7.27. The molecule has 0 aliphatic heterocycles. The number of amides is 1. The van der Waals surface area contributed by atoms with E-state index in [1.54, 1.807) is 0 Å². The van der Waals surface area contributed by atoms with Gasteiger partial charge < -0.3 is 5.32 Å². The number of hydrogen-bond acceptors (Lipinski definition) is 4. The van der Waals surface area contributed by atoms with Gasteiger partial charge in [0.1, 0.15) is 18.2 Å². The summed E-state index contributed by atoms with van der Waals surface area (Å²) in [6, 6.07) is 1.95. The van der Waals surface area contributed by atoms with Gasteiger partial charge in [0.2, 0.25) is 5.91 Å². The highest BCUT2D eigenvalue weighted by Gasteiger charge is 2.28. The molecule has 7 heteroatoms. The van der Waals surface area contributed by atoms with Crippen molar-refractivity contribution < 1.29 is 4.79 Å². The molecule has 0 radical (unpaired) electrons. The van der Waals surface area contributed by atoms with Crippen molar-refractivity contribution in [3.63, 3.8) is 0 Å². The van der Waals surface area contributed by atoms with Crippen molar-refractivity contribution in [2.45, 2.75) is 64.1 Å². The maximum Gasteiger partial charge on any atom is 0.331 e. The summed E-state index contributed by atoms with van der Waals surface area (Å²) >= 11 is 0. The molecule has 0 saturated heterocycles. The van der Waals surface area contributed by atoms with Gasteiger partial charge in [0.25, 0.3) is 5.56 Å². The lowest BCUT2D eigenvalue weighted by Gasteiger charge is -2.29. The lowest BCUT2D eigenvalue weighted by Crippen LogP contribution is -2.47. The number of rotatable bonds is 4. The molecule has 1 aromatic rings. The van der Waals surface area contributed by atoms with E-state index in [2.05, 4.69) is 12.2 Å². The summed E-state index contributed by atoms with van der Waals surface area (Å²) in [5, 5.41) is 12.1. The lowest BCUT2D eigenvalue weighted by atomic mass is 9.86. The van der Waals surface area contributed by atoms with E-state index >= 15 is 0 Å². The van der Waals surface area contributed by atoms with Crippen LogP contribution in [0.3, 0.4) is 0 Å². The summed E-state index contributed by atoms with van der Waals surface area (Å²) in [4.78, 5) is 37.0. The summed E-state index contributed by atoms with van der Waals surface area (Å²) < 4.78 is 2.30. The van der Waals surface area contributed by atoms with Crippen LogP contribution in [0.1, 0.15) is 57.1 Å². The minimum absolute atomic E-state index is 0.0397. The molecule has 0 aromatic carbocycles. The van der Waals surface area contributed by atoms with Crippen LogP contribution in [0, 0.1) is 17.2 Å². The maximum absolute atomic E-state index is 12.5. The van der Waals surface area contributed by atoms with E-state index in [1.807, 2.05) is 6.07 Å². The highest BCUT2D eigenvalue weighted by atomic mass is 16.2. The molecule has 2 fully saturated rings. The first kappa shape index (κ1) is 16.5. The Morgan fingerprint density at radius 2 is 2.00 bits per heavy atom. The van der Waals surface area contributed by atoms with Gasteiger partial charge in [-0.05, 0) is 31.6 Å². The van der Waals surface area contributed by atoms with Crippen molar-refractivity contribution >= 4 is 5.91 Å². The SMILES string of the molecule is C[C@H]1CCCC[C@H]1NC(=O)Cn1c(=O)c(C#N)cn(C2CC2)c1=O. The van der Waals surface area contributed by atoms with Crippen molar-refractivity contribution in [3.8, 4) is 6.07 Å². The zero-order chi connectivity index (χ0) is 17.3. The monoisotopic (exact) mass is 330 g/mol. The van der Waals surface area contributed by atoms with E-state index in [1.165, 1.54) is 17.2 Å². The van der Waals surface area contributed by atoms with E-state index < -0.39 is 11.2 Å². The van der Waals surface area contributed by atoms with Crippen molar-refractivity contribution in [2.24, 2.45) is 5.92 Å². The molecule has 2 atom stereocenters. The molecule has 3 rings (SSSR count). The minimum Gasteiger partial charge on any atom is -0.352 e. The van der Waals surface area contributed by atoms with E-state index in [0.29, 0.717) is 5.92 Å². The van der Waals surface area contributed by atoms with Gasteiger partial charge in [0.15, 0.2) is 0 Å². The second-order valence-corrected chi connectivity index (χ2v) is 6.90. The first-order valence-electron chi connectivity index (χ1n) is 8.56. The molecule has 7 nitrogen and oxygen atoms in total. The molecule has 0 unspecified atom stereocenters. The largest absolute Gasteiger partial charge is 0.352 e. The van der Waals surface area contributed by atoms with Crippen LogP contribution in [0.2, 0.25) is 0 Å². The Morgan fingerprint density at radius 1 is 1.29 bits per heavy atom. The van der Waals surface area contributed by atoms with Gasteiger partial charge in [0.05, 0.1) is 0 Å². The van der Waals surface area contributed by atoms with E-state index in [-0.39, 0.29) is 30.1 Å². The number of nitriles is 1. The van der Waals surface area contributed by atoms with Crippen LogP contribution in [0.25, 0.3) is 0 Å². The summed E-state index contributed by atoms with van der Waals surface area (Å²) in [6.45, 7) is 1.77. The first-order chi connectivity index (χ1) is 11.5. The number of carbonyl (C=O) groups excluding carboxylic acids is 1. The molecule has 2 aliphatic carbocycles. The molecule has 1 aromatic heterocycles. The Labute approximate surface area is 139 Å². The van der Waals surface area contributed by atoms with Crippen molar-refractivity contribution in [2.75, 3.05) is 0 Å². The van der Waals surface area contributed by atoms with Gasteiger partial charge in [0, 0.05) is 18.3 Å². The Bertz CT molecular complexity index is 798. The van der Waals surface area contributed by atoms with Crippen LogP contribution < -0.4 is 16.6 Å². The third kappa shape index (κ3) is 3.28. The maximum atomic E-state index is 12.5. The highest BCUT2D eigenvalue weighted by Crippen LogP contribution is 2.33. The molecule has 2 saturated carbocycles. The average Bonchev–Trinajstić information content (AvgIpc) is 3.39. The smallest absolute Gasteiger partial charge is 0.331 e. The normalized spacial score (nSPS) is 23.5. The third-order valence-electron chi connectivity index (χ3n) is 5.02. The van der Waals surface area contributed by atoms with Crippen LogP contribution in [-0.4, -0.2) is 21.1 Å². The molecule has 0 bridgehead atoms. The van der Waals surface area contributed by atoms with Crippen molar-refractivity contribution in [3.05, 3.63) is 32.6 Å². The number of nitrogens with zero attached hydrogens (tertiary/aromatic N) is 3. The molecule has 1 amide bonds. The van der Waals surface area contributed by atoms with Gasteiger partial charge in [-0.1, -0.05) is 19.8 Å². The average molecular weight is 330 g/mol. The Balaban J connectivity index is 1.82. The van der Waals surface area contributed by atoms with Gasteiger partial charge in [-0.2, -0.15) is 5.26 Å². The van der Waals surface area contributed by atoms with Gasteiger partial charge >= 0.3 is 5.69 Å². The zero-order valence-electron chi connectivity index (χ0n) is 13.8. The summed E-state index contributed by atoms with van der Waals surface area (Å²) in [5.41, 5.74) is -1.29. The second-order valence-electron chi connectivity index (χ2n) is 6.90. The fourth-order valence-electron chi connectivity index (χ4n) is 3.38. The molecule has 0 spiro atoms. The molecule has 128 valence electrons. The predicted molar refractivity (Wildman–Crippen MR) is 87.5 cm³/mol. The highest BCUT2D eigenvalue weighted by molar-refractivity contribution is 5.76. The van der Waals surface area contributed by atoms with Crippen molar-refractivity contribution in [1.82, 2.24) is 14.5 Å². The Morgan fingerprint density at radius 3 is 2.62 bits per heavy atom. The van der Waals surface area contributed by atoms with Crippen LogP contribution >= 0.6 is 0 Å². The van der Waals surface area contributed by atoms with E-state index in [0.717, 1.165) is 36.7 Å². The summed E-state index contributed by atoms with van der Waals surface area (Å²) in [7, 11) is 0. The third-order valence-corrected chi connectivity index (χ3v) is 5.02. The van der Waals surface area contributed by atoms with E-state index in [9.17, 15) is 14.4 Å². The second kappa shape index (κ2) is 6.63. The van der Waals surface area contributed by atoms with Gasteiger partial charge in [-0.3, -0.25) is 14.2 Å². The van der Waals surface area contributed by atoms with Crippen LogP contribution in [0.4, 0.5) is 0 Å². The van der Waals surface area contributed by atoms with Gasteiger partial charge in [-0.15, -0.1) is 0 Å². The standard InChI is InChI=1S/C17H22N4O3/c1-11-4-2-3-5-14(11)19-15(22)10-21-16(23)12(8-18)9-20(17(21)24)13-6-7-13/h9,11,13-14H,2-7,10H2,1H3,(H,19,22)/t11-,14+/m0/s1. The molecule has 1 heterocycles. The topological polar surface area (TPSA) is 96.9 Å². The van der Waals surface area contributed by atoms with E-state index in [4.69, 9.17) is 5.26 Å². The molecule has 1 N–H and O–H groups in total. The van der Waals surface area contributed by atoms with Crippen molar-refractivity contribution in [1.29, 1.82) is 5.26 Å². The fourth-order valence-corrected chi connectivity index (χ4v) is 3.38. The molecular weight excluding hydrogens is 308 g/mol. The number of nitrogens with one attached hydrogen (secondary N) is 1. The number of aromatic nitrogens is 2. The van der Waals surface area contributed by atoms with Crippen LogP contribution in [0.5, 0.6) is 0 Å². The summed E-state index contributed by atoms with van der Waals surface area (Å²) in [5.74, 6) is 0.0540. The Kier molecular flexibility index (Phi) is 4.56. The predicted octanol–water partition coefficient (Wildman–Crippen LogP) is 0.911. The van der Waals surface area contributed by atoms with Gasteiger partial charge in [-0.25, -0.2) is 9.36 Å². The molecule has 24 heavy (non-hydrogen) atoms. The molecule has 2 aliphatic rings. The molecular formula is C17H22N4O3. The first-order valence-corrected chi connectivity index (χ1v) is 8.56. The Hall–Kier alpha value is -2.36. The van der Waals surface area contributed by atoms with Crippen LogP contribution in [0.15, 0.2) is 15.8 Å². The lowest BCUT2D eigenvalue weighted by molar-refractivity contribution is -0.123. The quantitative estimate of drug-likeness (QED) is 0.887. The fraction of sp³-hybridized carbons (Fsp3) is 0.647. The minimum atomic E-state index is -0.689. The number of hydrogen-bond donors (Lipinski definition) is 1. The number of carbonyl (C=O) groups is 1. The van der Waals surface area contributed by atoms with Crippen LogP contribution in [-0.2, 0) is 11.3 Å². The zero-order valence-corrected chi connectivity index (χ0v) is 13.8.